The Labute approximate surface area is 161 Å². The van der Waals surface area contributed by atoms with Gasteiger partial charge in [-0.3, -0.25) is 9.48 Å². The highest BCUT2D eigenvalue weighted by Gasteiger charge is 2.31. The van der Waals surface area contributed by atoms with Crippen molar-refractivity contribution in [1.29, 1.82) is 0 Å². The molecule has 27 heavy (non-hydrogen) atoms. The first kappa shape index (κ1) is 18.0. The van der Waals surface area contributed by atoms with E-state index in [1.807, 2.05) is 43.7 Å². The number of hydrogen-bond donors (Lipinski definition) is 1. The number of benzene rings is 1. The zero-order chi connectivity index (χ0) is 18.6. The van der Waals surface area contributed by atoms with Crippen molar-refractivity contribution in [3.05, 3.63) is 47.8 Å². The van der Waals surface area contributed by atoms with Crippen molar-refractivity contribution in [2.24, 2.45) is 7.05 Å². The highest BCUT2D eigenvalue weighted by molar-refractivity contribution is 5.95. The van der Waals surface area contributed by atoms with E-state index in [0.29, 0.717) is 6.04 Å². The lowest BCUT2D eigenvalue weighted by Crippen LogP contribution is -2.42. The summed E-state index contributed by atoms with van der Waals surface area (Å²) in [4.78, 5) is 17.6. The summed E-state index contributed by atoms with van der Waals surface area (Å²) < 4.78 is 1.80. The molecule has 4 rings (SSSR count). The summed E-state index contributed by atoms with van der Waals surface area (Å²) in [5.41, 5.74) is 2.94. The quantitative estimate of drug-likeness (QED) is 0.853. The smallest absolute Gasteiger partial charge is 0.254 e. The normalized spacial score (nSPS) is 20.3. The van der Waals surface area contributed by atoms with Crippen molar-refractivity contribution in [1.82, 2.24) is 19.6 Å². The van der Waals surface area contributed by atoms with Gasteiger partial charge in [0.05, 0.1) is 6.20 Å². The molecule has 2 aromatic rings. The summed E-state index contributed by atoms with van der Waals surface area (Å²) >= 11 is 0. The van der Waals surface area contributed by atoms with Crippen molar-refractivity contribution >= 4 is 11.6 Å². The molecule has 1 aromatic carbocycles. The van der Waals surface area contributed by atoms with Gasteiger partial charge in [0, 0.05) is 55.7 Å². The molecule has 2 fully saturated rings. The fourth-order valence-electron chi connectivity index (χ4n) is 4.22. The number of aryl methyl sites for hydroxylation is 1. The maximum Gasteiger partial charge on any atom is 0.254 e. The van der Waals surface area contributed by atoms with E-state index in [9.17, 15) is 4.79 Å². The van der Waals surface area contributed by atoms with Gasteiger partial charge in [0.2, 0.25) is 0 Å². The van der Waals surface area contributed by atoms with Gasteiger partial charge >= 0.3 is 0 Å². The molecule has 2 aliphatic heterocycles. The Morgan fingerprint density at radius 2 is 1.93 bits per heavy atom. The highest BCUT2D eigenvalue weighted by Crippen LogP contribution is 2.23. The molecule has 0 spiro atoms. The van der Waals surface area contributed by atoms with Crippen LogP contribution in [0.5, 0.6) is 0 Å². The number of carbonyl (C=O) groups is 1. The molecule has 1 aromatic heterocycles. The van der Waals surface area contributed by atoms with Gasteiger partial charge in [-0.15, -0.1) is 0 Å². The Morgan fingerprint density at radius 1 is 1.15 bits per heavy atom. The second-order valence-electron chi connectivity index (χ2n) is 7.76. The molecule has 0 aliphatic carbocycles. The van der Waals surface area contributed by atoms with Crippen LogP contribution in [0.4, 0.5) is 5.69 Å². The monoisotopic (exact) mass is 367 g/mol. The third kappa shape index (κ3) is 4.33. The van der Waals surface area contributed by atoms with E-state index in [2.05, 4.69) is 20.2 Å². The second-order valence-corrected chi connectivity index (χ2v) is 7.76. The van der Waals surface area contributed by atoms with E-state index in [0.717, 1.165) is 49.3 Å². The van der Waals surface area contributed by atoms with Crippen molar-refractivity contribution in [2.45, 2.75) is 38.3 Å². The minimum atomic E-state index is 0.176. The average Bonchev–Trinajstić information content (AvgIpc) is 3.43. The topological polar surface area (TPSA) is 53.4 Å². The van der Waals surface area contributed by atoms with E-state index in [1.165, 1.54) is 25.9 Å². The number of aromatic nitrogens is 2. The maximum atomic E-state index is 13.0. The van der Waals surface area contributed by atoms with Crippen LogP contribution in [-0.4, -0.2) is 57.7 Å². The van der Waals surface area contributed by atoms with E-state index < -0.39 is 0 Å². The van der Waals surface area contributed by atoms with Crippen LogP contribution in [0.2, 0.25) is 0 Å². The molecule has 3 heterocycles. The van der Waals surface area contributed by atoms with Crippen LogP contribution in [0.3, 0.4) is 0 Å². The molecular formula is C21H29N5O. The number of anilines is 1. The van der Waals surface area contributed by atoms with E-state index >= 15 is 0 Å². The van der Waals surface area contributed by atoms with E-state index in [4.69, 9.17) is 0 Å². The summed E-state index contributed by atoms with van der Waals surface area (Å²) in [6.07, 6.45) is 8.71. The van der Waals surface area contributed by atoms with Crippen LogP contribution in [0.1, 0.15) is 41.6 Å². The Kier molecular flexibility index (Phi) is 5.43. The molecule has 0 bridgehead atoms. The first-order chi connectivity index (χ1) is 13.2. The van der Waals surface area contributed by atoms with Crippen LogP contribution in [-0.2, 0) is 13.6 Å². The fraction of sp³-hybridized carbons (Fsp3) is 0.524. The molecule has 0 radical (unpaired) electrons. The fourth-order valence-corrected chi connectivity index (χ4v) is 4.22. The van der Waals surface area contributed by atoms with Crippen LogP contribution < -0.4 is 5.32 Å². The van der Waals surface area contributed by atoms with Crippen molar-refractivity contribution in [2.75, 3.05) is 31.5 Å². The Balaban J connectivity index is 1.35. The third-order valence-electron chi connectivity index (χ3n) is 5.69. The maximum absolute atomic E-state index is 13.0. The van der Waals surface area contributed by atoms with Gasteiger partial charge in [-0.25, -0.2) is 0 Å². The summed E-state index contributed by atoms with van der Waals surface area (Å²) in [6.45, 7) is 5.03. The lowest BCUT2D eigenvalue weighted by molar-refractivity contribution is 0.0709. The zero-order valence-electron chi connectivity index (χ0n) is 16.1. The SMILES string of the molecule is Cn1cc(CNc2ccc(C(=O)N3CCCC3CN3CCCC3)cc2)cn1. The van der Waals surface area contributed by atoms with Crippen LogP contribution in [0, 0.1) is 0 Å². The molecule has 1 amide bonds. The molecule has 1 atom stereocenters. The predicted octanol–water partition coefficient (Wildman–Crippen LogP) is 2.73. The number of hydrogen-bond acceptors (Lipinski definition) is 4. The van der Waals surface area contributed by atoms with Gasteiger partial charge < -0.3 is 15.1 Å². The predicted molar refractivity (Wildman–Crippen MR) is 107 cm³/mol. The molecule has 6 nitrogen and oxygen atoms in total. The summed E-state index contributed by atoms with van der Waals surface area (Å²) in [6, 6.07) is 8.25. The summed E-state index contributed by atoms with van der Waals surface area (Å²) in [5.74, 6) is 0.176. The zero-order valence-corrected chi connectivity index (χ0v) is 16.1. The lowest BCUT2D eigenvalue weighted by atomic mass is 10.1. The van der Waals surface area contributed by atoms with Gasteiger partial charge in [-0.2, -0.15) is 5.10 Å². The van der Waals surface area contributed by atoms with E-state index in [1.54, 1.807) is 4.68 Å². The molecule has 2 aliphatic rings. The first-order valence-electron chi connectivity index (χ1n) is 10.0. The summed E-state index contributed by atoms with van der Waals surface area (Å²) in [5, 5.41) is 7.56. The molecule has 6 heteroatoms. The minimum Gasteiger partial charge on any atom is -0.381 e. The van der Waals surface area contributed by atoms with Crippen LogP contribution in [0.15, 0.2) is 36.7 Å². The standard InChI is InChI=1S/C21H29N5O/c1-24-15-17(14-23-24)13-22-19-8-6-18(7-9-19)21(27)26-12-4-5-20(26)16-25-10-2-3-11-25/h6-9,14-15,20,22H,2-5,10-13,16H2,1H3. The van der Waals surface area contributed by atoms with Crippen molar-refractivity contribution in [3.8, 4) is 0 Å². The number of carbonyl (C=O) groups excluding carboxylic acids is 1. The summed E-state index contributed by atoms with van der Waals surface area (Å²) in [7, 11) is 1.92. The lowest BCUT2D eigenvalue weighted by Gasteiger charge is -2.28. The van der Waals surface area contributed by atoms with Gasteiger partial charge in [-0.05, 0) is 63.0 Å². The molecule has 1 N–H and O–H groups in total. The number of nitrogens with zero attached hydrogens (tertiary/aromatic N) is 4. The largest absolute Gasteiger partial charge is 0.381 e. The van der Waals surface area contributed by atoms with Gasteiger partial charge in [-0.1, -0.05) is 0 Å². The Morgan fingerprint density at radius 3 is 2.63 bits per heavy atom. The number of likely N-dealkylation sites (tertiary alicyclic amines) is 2. The Hall–Kier alpha value is -2.34. The first-order valence-corrected chi connectivity index (χ1v) is 10.0. The van der Waals surface area contributed by atoms with Crippen LogP contribution >= 0.6 is 0 Å². The number of rotatable bonds is 6. The average molecular weight is 367 g/mol. The minimum absolute atomic E-state index is 0.176. The highest BCUT2D eigenvalue weighted by atomic mass is 16.2. The van der Waals surface area contributed by atoms with Crippen molar-refractivity contribution < 1.29 is 4.79 Å². The van der Waals surface area contributed by atoms with Crippen molar-refractivity contribution in [3.63, 3.8) is 0 Å². The third-order valence-corrected chi connectivity index (χ3v) is 5.69. The Bertz CT molecular complexity index is 763. The molecule has 144 valence electrons. The van der Waals surface area contributed by atoms with Gasteiger partial charge in [0.15, 0.2) is 0 Å². The molecular weight excluding hydrogens is 338 g/mol. The van der Waals surface area contributed by atoms with Gasteiger partial charge in [0.1, 0.15) is 0 Å². The van der Waals surface area contributed by atoms with Gasteiger partial charge in [0.25, 0.3) is 5.91 Å². The molecule has 0 saturated carbocycles. The molecule has 2 saturated heterocycles. The second kappa shape index (κ2) is 8.13. The number of amides is 1. The molecule has 1 unspecified atom stereocenters. The number of nitrogens with one attached hydrogen (secondary N) is 1. The van der Waals surface area contributed by atoms with E-state index in [-0.39, 0.29) is 5.91 Å². The van der Waals surface area contributed by atoms with Crippen LogP contribution in [0.25, 0.3) is 0 Å².